The standard InChI is InChI=1S/C17H16N4O4S2/c1-3-25-16(24)12-9-27-17(18-12)19-15(23)10(2)21-14(22)7-6-11(20-21)13-5-4-8-26-13/h4-10H,3H2,1-2H3,(H,18,19,23). The van der Waals surface area contributed by atoms with E-state index in [-0.39, 0.29) is 23.0 Å². The molecule has 1 unspecified atom stereocenters. The number of aromatic nitrogens is 3. The van der Waals surface area contributed by atoms with Gasteiger partial charge in [-0.3, -0.25) is 9.59 Å². The molecule has 140 valence electrons. The van der Waals surface area contributed by atoms with Gasteiger partial charge in [-0.25, -0.2) is 14.5 Å². The summed E-state index contributed by atoms with van der Waals surface area (Å²) in [7, 11) is 0. The van der Waals surface area contributed by atoms with Gasteiger partial charge in [-0.15, -0.1) is 22.7 Å². The summed E-state index contributed by atoms with van der Waals surface area (Å²) >= 11 is 2.59. The molecule has 0 aliphatic heterocycles. The van der Waals surface area contributed by atoms with E-state index < -0.39 is 17.9 Å². The van der Waals surface area contributed by atoms with E-state index in [2.05, 4.69) is 15.4 Å². The molecule has 3 heterocycles. The minimum Gasteiger partial charge on any atom is -0.461 e. The van der Waals surface area contributed by atoms with Gasteiger partial charge in [-0.05, 0) is 31.4 Å². The van der Waals surface area contributed by atoms with E-state index in [9.17, 15) is 14.4 Å². The zero-order chi connectivity index (χ0) is 19.4. The van der Waals surface area contributed by atoms with Gasteiger partial charge in [0.15, 0.2) is 10.8 Å². The van der Waals surface area contributed by atoms with Crippen LogP contribution in [-0.4, -0.2) is 33.2 Å². The van der Waals surface area contributed by atoms with Crippen LogP contribution in [0.3, 0.4) is 0 Å². The molecule has 0 saturated carbocycles. The van der Waals surface area contributed by atoms with E-state index in [1.54, 1.807) is 19.9 Å². The maximum atomic E-state index is 12.5. The van der Waals surface area contributed by atoms with Gasteiger partial charge >= 0.3 is 5.97 Å². The third-order valence-corrected chi connectivity index (χ3v) is 5.21. The van der Waals surface area contributed by atoms with Crippen molar-refractivity contribution in [3.8, 4) is 10.6 Å². The van der Waals surface area contributed by atoms with Crippen molar-refractivity contribution < 1.29 is 14.3 Å². The minimum atomic E-state index is -0.854. The third kappa shape index (κ3) is 4.29. The summed E-state index contributed by atoms with van der Waals surface area (Å²) < 4.78 is 5.99. The van der Waals surface area contributed by atoms with Crippen LogP contribution in [-0.2, 0) is 9.53 Å². The van der Waals surface area contributed by atoms with Gasteiger partial charge in [0, 0.05) is 11.4 Å². The van der Waals surface area contributed by atoms with Crippen LogP contribution >= 0.6 is 22.7 Å². The number of anilines is 1. The average Bonchev–Trinajstić information content (AvgIpc) is 3.34. The summed E-state index contributed by atoms with van der Waals surface area (Å²) in [6, 6.07) is 5.93. The lowest BCUT2D eigenvalue weighted by atomic mass is 10.3. The van der Waals surface area contributed by atoms with E-state index in [0.717, 1.165) is 20.9 Å². The first-order chi connectivity index (χ1) is 13.0. The summed E-state index contributed by atoms with van der Waals surface area (Å²) in [5, 5.41) is 10.6. The number of carbonyl (C=O) groups is 2. The molecule has 0 spiro atoms. The Morgan fingerprint density at radius 2 is 2.11 bits per heavy atom. The molecule has 3 aromatic heterocycles. The summed E-state index contributed by atoms with van der Waals surface area (Å²) in [6.07, 6.45) is 0. The van der Waals surface area contributed by atoms with Crippen molar-refractivity contribution >= 4 is 39.7 Å². The molecule has 0 bridgehead atoms. The Bertz CT molecular complexity index is 1010. The van der Waals surface area contributed by atoms with Gasteiger partial charge in [-0.1, -0.05) is 6.07 Å². The maximum absolute atomic E-state index is 12.5. The predicted molar refractivity (Wildman–Crippen MR) is 103 cm³/mol. The lowest BCUT2D eigenvalue weighted by Crippen LogP contribution is -2.33. The van der Waals surface area contributed by atoms with E-state index >= 15 is 0 Å². The minimum absolute atomic E-state index is 0.125. The van der Waals surface area contributed by atoms with Crippen molar-refractivity contribution in [3.63, 3.8) is 0 Å². The van der Waals surface area contributed by atoms with E-state index in [1.807, 2.05) is 17.5 Å². The molecule has 1 N–H and O–H groups in total. The van der Waals surface area contributed by atoms with Gasteiger partial charge in [0.2, 0.25) is 0 Å². The molecular weight excluding hydrogens is 388 g/mol. The molecule has 3 aromatic rings. The average molecular weight is 404 g/mol. The number of hydrogen-bond acceptors (Lipinski definition) is 8. The molecule has 0 aromatic carbocycles. The molecule has 0 radical (unpaired) electrons. The van der Waals surface area contributed by atoms with Crippen LogP contribution in [0.1, 0.15) is 30.4 Å². The Hall–Kier alpha value is -2.85. The predicted octanol–water partition coefficient (Wildman–Crippen LogP) is 2.80. The van der Waals surface area contributed by atoms with Crippen molar-refractivity contribution in [1.82, 2.24) is 14.8 Å². The van der Waals surface area contributed by atoms with Crippen molar-refractivity contribution in [2.75, 3.05) is 11.9 Å². The highest BCUT2D eigenvalue weighted by molar-refractivity contribution is 7.14. The number of thiophene rings is 1. The summed E-state index contributed by atoms with van der Waals surface area (Å²) in [5.41, 5.74) is 0.354. The maximum Gasteiger partial charge on any atom is 0.357 e. The highest BCUT2D eigenvalue weighted by Crippen LogP contribution is 2.22. The normalized spacial score (nSPS) is 11.8. The third-order valence-electron chi connectivity index (χ3n) is 3.56. The fraction of sp³-hybridized carbons (Fsp3) is 0.235. The zero-order valence-electron chi connectivity index (χ0n) is 14.5. The zero-order valence-corrected chi connectivity index (χ0v) is 16.2. The first kappa shape index (κ1) is 18.9. The SMILES string of the molecule is CCOC(=O)c1csc(NC(=O)C(C)n2nc(-c3cccs3)ccc2=O)n1. The fourth-order valence-electron chi connectivity index (χ4n) is 2.21. The van der Waals surface area contributed by atoms with Crippen molar-refractivity contribution in [3.05, 3.63) is 51.1 Å². The number of hydrogen-bond donors (Lipinski definition) is 1. The van der Waals surface area contributed by atoms with E-state index in [1.165, 1.54) is 22.8 Å². The molecule has 1 amide bonds. The molecule has 10 heteroatoms. The second-order valence-corrected chi connectivity index (χ2v) is 7.21. The number of carbonyl (C=O) groups excluding carboxylic acids is 2. The Morgan fingerprint density at radius 1 is 1.30 bits per heavy atom. The lowest BCUT2D eigenvalue weighted by molar-refractivity contribution is -0.119. The Kier molecular flexibility index (Phi) is 5.77. The second-order valence-electron chi connectivity index (χ2n) is 5.40. The summed E-state index contributed by atoms with van der Waals surface area (Å²) in [6.45, 7) is 3.51. The highest BCUT2D eigenvalue weighted by atomic mass is 32.1. The number of amides is 1. The van der Waals surface area contributed by atoms with Crippen molar-refractivity contribution in [1.29, 1.82) is 0 Å². The molecule has 27 heavy (non-hydrogen) atoms. The quantitative estimate of drug-likeness (QED) is 0.634. The fourth-order valence-corrected chi connectivity index (χ4v) is 3.58. The first-order valence-electron chi connectivity index (χ1n) is 8.07. The van der Waals surface area contributed by atoms with Crippen LogP contribution in [0.25, 0.3) is 10.6 Å². The lowest BCUT2D eigenvalue weighted by Gasteiger charge is -2.13. The van der Waals surface area contributed by atoms with Crippen LogP contribution in [0.2, 0.25) is 0 Å². The van der Waals surface area contributed by atoms with Crippen LogP contribution in [0, 0.1) is 0 Å². The van der Waals surface area contributed by atoms with E-state index in [4.69, 9.17) is 4.74 Å². The number of esters is 1. The summed E-state index contributed by atoms with van der Waals surface area (Å²) in [4.78, 5) is 41.2. The molecule has 0 saturated heterocycles. The Morgan fingerprint density at radius 3 is 2.81 bits per heavy atom. The number of nitrogens with zero attached hydrogens (tertiary/aromatic N) is 3. The Balaban J connectivity index is 1.77. The van der Waals surface area contributed by atoms with Gasteiger partial charge in [0.25, 0.3) is 11.5 Å². The van der Waals surface area contributed by atoms with Gasteiger partial charge in [0.1, 0.15) is 11.7 Å². The molecule has 0 fully saturated rings. The molecular formula is C17H16N4O4S2. The number of rotatable bonds is 6. The van der Waals surface area contributed by atoms with Crippen LogP contribution in [0.15, 0.2) is 39.8 Å². The van der Waals surface area contributed by atoms with Crippen LogP contribution in [0.5, 0.6) is 0 Å². The van der Waals surface area contributed by atoms with Gasteiger partial charge < -0.3 is 10.1 Å². The first-order valence-corrected chi connectivity index (χ1v) is 9.82. The van der Waals surface area contributed by atoms with Crippen molar-refractivity contribution in [2.45, 2.75) is 19.9 Å². The number of ether oxygens (including phenoxy) is 1. The summed E-state index contributed by atoms with van der Waals surface area (Å²) in [5.74, 6) is -1.01. The van der Waals surface area contributed by atoms with Crippen LogP contribution in [0.4, 0.5) is 5.13 Å². The molecule has 1 atom stereocenters. The topological polar surface area (TPSA) is 103 Å². The largest absolute Gasteiger partial charge is 0.461 e. The van der Waals surface area contributed by atoms with Gasteiger partial charge in [-0.2, -0.15) is 5.10 Å². The second kappa shape index (κ2) is 8.23. The number of nitrogens with one attached hydrogen (secondary N) is 1. The smallest absolute Gasteiger partial charge is 0.357 e. The van der Waals surface area contributed by atoms with Gasteiger partial charge in [0.05, 0.1) is 11.5 Å². The monoisotopic (exact) mass is 404 g/mol. The molecule has 3 rings (SSSR count). The molecule has 8 nitrogen and oxygen atoms in total. The molecule has 0 aliphatic rings. The van der Waals surface area contributed by atoms with Crippen LogP contribution < -0.4 is 10.9 Å². The molecule has 0 aliphatic carbocycles. The number of thiazole rings is 1. The highest BCUT2D eigenvalue weighted by Gasteiger charge is 2.20. The van der Waals surface area contributed by atoms with E-state index in [0.29, 0.717) is 5.69 Å². The van der Waals surface area contributed by atoms with Crippen molar-refractivity contribution in [2.24, 2.45) is 0 Å². The Labute approximate surface area is 162 Å².